The van der Waals surface area contributed by atoms with E-state index in [2.05, 4.69) is 28.0 Å². The predicted octanol–water partition coefficient (Wildman–Crippen LogP) is 2.84. The van der Waals surface area contributed by atoms with Crippen molar-refractivity contribution in [2.45, 2.75) is 13.3 Å². The molecule has 0 atom stereocenters. The standard InChI is InChI=1S/C15H23ClN2O/c1-2-19-15-7-4-3-6-14(15)18-12-10-17(11-13-18)9-5-8-16/h3-4,6-7H,2,5,8-13H2,1H3. The molecule has 1 fully saturated rings. The van der Waals surface area contributed by atoms with Gasteiger partial charge < -0.3 is 9.64 Å². The van der Waals surface area contributed by atoms with Crippen molar-refractivity contribution in [1.29, 1.82) is 0 Å². The van der Waals surface area contributed by atoms with E-state index in [4.69, 9.17) is 16.3 Å². The van der Waals surface area contributed by atoms with E-state index in [0.29, 0.717) is 6.61 Å². The number of halogens is 1. The van der Waals surface area contributed by atoms with Crippen molar-refractivity contribution in [1.82, 2.24) is 4.90 Å². The largest absolute Gasteiger partial charge is 0.492 e. The van der Waals surface area contributed by atoms with Crippen LogP contribution >= 0.6 is 11.6 Å². The van der Waals surface area contributed by atoms with Crippen molar-refractivity contribution in [3.05, 3.63) is 24.3 Å². The molecular formula is C15H23ClN2O. The number of nitrogens with zero attached hydrogens (tertiary/aromatic N) is 2. The highest BCUT2D eigenvalue weighted by Crippen LogP contribution is 2.28. The van der Waals surface area contributed by atoms with Crippen molar-refractivity contribution < 1.29 is 4.74 Å². The summed E-state index contributed by atoms with van der Waals surface area (Å²) in [5.74, 6) is 1.76. The Hall–Kier alpha value is -0.930. The molecule has 1 heterocycles. The van der Waals surface area contributed by atoms with Crippen molar-refractivity contribution >= 4 is 17.3 Å². The zero-order valence-electron chi connectivity index (χ0n) is 11.6. The van der Waals surface area contributed by atoms with Crippen LogP contribution in [0.2, 0.25) is 0 Å². The molecule has 0 bridgehead atoms. The van der Waals surface area contributed by atoms with Gasteiger partial charge in [0.1, 0.15) is 5.75 Å². The van der Waals surface area contributed by atoms with Crippen LogP contribution in [0.1, 0.15) is 13.3 Å². The molecule has 1 aromatic rings. The molecule has 19 heavy (non-hydrogen) atoms. The van der Waals surface area contributed by atoms with Crippen molar-refractivity contribution in [3.8, 4) is 5.75 Å². The molecule has 1 aromatic carbocycles. The van der Waals surface area contributed by atoms with Crippen LogP contribution in [0.15, 0.2) is 24.3 Å². The summed E-state index contributed by atoms with van der Waals surface area (Å²) < 4.78 is 5.71. The SMILES string of the molecule is CCOc1ccccc1N1CCN(CCCCl)CC1. The average Bonchev–Trinajstić information content (AvgIpc) is 2.47. The van der Waals surface area contributed by atoms with E-state index in [1.54, 1.807) is 0 Å². The molecule has 0 aromatic heterocycles. The minimum atomic E-state index is 0.715. The van der Waals surface area contributed by atoms with E-state index in [-0.39, 0.29) is 0 Å². The van der Waals surface area contributed by atoms with E-state index in [0.717, 1.165) is 50.8 Å². The van der Waals surface area contributed by atoms with Gasteiger partial charge in [-0.15, -0.1) is 11.6 Å². The normalized spacial score (nSPS) is 16.6. The van der Waals surface area contributed by atoms with Crippen molar-refractivity contribution in [2.24, 2.45) is 0 Å². The highest BCUT2D eigenvalue weighted by atomic mass is 35.5. The highest BCUT2D eigenvalue weighted by molar-refractivity contribution is 6.17. The van der Waals surface area contributed by atoms with Gasteiger partial charge in [-0.25, -0.2) is 0 Å². The maximum absolute atomic E-state index is 5.75. The Morgan fingerprint density at radius 3 is 2.58 bits per heavy atom. The summed E-state index contributed by atoms with van der Waals surface area (Å²) in [6.45, 7) is 8.20. The lowest BCUT2D eigenvalue weighted by Crippen LogP contribution is -2.46. The van der Waals surface area contributed by atoms with Gasteiger partial charge in [0, 0.05) is 32.1 Å². The molecule has 0 saturated carbocycles. The summed E-state index contributed by atoms with van der Waals surface area (Å²) in [7, 11) is 0. The Labute approximate surface area is 121 Å². The number of hydrogen-bond acceptors (Lipinski definition) is 3. The van der Waals surface area contributed by atoms with Gasteiger partial charge in [0.2, 0.25) is 0 Å². The number of hydrogen-bond donors (Lipinski definition) is 0. The zero-order valence-corrected chi connectivity index (χ0v) is 12.4. The summed E-state index contributed by atoms with van der Waals surface area (Å²) in [4.78, 5) is 4.91. The van der Waals surface area contributed by atoms with Gasteiger partial charge in [-0.05, 0) is 32.0 Å². The molecule has 0 unspecified atom stereocenters. The molecule has 2 rings (SSSR count). The first-order valence-electron chi connectivity index (χ1n) is 7.10. The minimum Gasteiger partial charge on any atom is -0.492 e. The van der Waals surface area contributed by atoms with Crippen LogP contribution in [0.5, 0.6) is 5.75 Å². The summed E-state index contributed by atoms with van der Waals surface area (Å²) in [5, 5.41) is 0. The monoisotopic (exact) mass is 282 g/mol. The van der Waals surface area contributed by atoms with Crippen LogP contribution < -0.4 is 9.64 Å². The van der Waals surface area contributed by atoms with Crippen LogP contribution in [0, 0.1) is 0 Å². The molecular weight excluding hydrogens is 260 g/mol. The molecule has 106 valence electrons. The molecule has 1 aliphatic rings. The van der Waals surface area contributed by atoms with E-state index in [1.807, 2.05) is 13.0 Å². The van der Waals surface area contributed by atoms with Gasteiger partial charge in [0.25, 0.3) is 0 Å². The van der Waals surface area contributed by atoms with Crippen LogP contribution in [0.4, 0.5) is 5.69 Å². The van der Waals surface area contributed by atoms with Gasteiger partial charge in [-0.3, -0.25) is 4.90 Å². The molecule has 0 aliphatic carbocycles. The lowest BCUT2D eigenvalue weighted by Gasteiger charge is -2.36. The third kappa shape index (κ3) is 4.02. The lowest BCUT2D eigenvalue weighted by atomic mass is 10.2. The quantitative estimate of drug-likeness (QED) is 0.746. The third-order valence-corrected chi connectivity index (χ3v) is 3.75. The summed E-state index contributed by atoms with van der Waals surface area (Å²) >= 11 is 5.75. The van der Waals surface area contributed by atoms with Gasteiger partial charge >= 0.3 is 0 Å². The molecule has 3 nitrogen and oxygen atoms in total. The smallest absolute Gasteiger partial charge is 0.142 e. The number of para-hydroxylation sites is 2. The second-order valence-corrected chi connectivity index (χ2v) is 5.15. The van der Waals surface area contributed by atoms with Crippen LogP contribution in [0.25, 0.3) is 0 Å². The first-order valence-corrected chi connectivity index (χ1v) is 7.63. The van der Waals surface area contributed by atoms with Crippen molar-refractivity contribution in [3.63, 3.8) is 0 Å². The Morgan fingerprint density at radius 2 is 1.89 bits per heavy atom. The van der Waals surface area contributed by atoms with E-state index < -0.39 is 0 Å². The summed E-state index contributed by atoms with van der Waals surface area (Å²) in [5.41, 5.74) is 1.22. The molecule has 0 radical (unpaired) electrons. The fourth-order valence-corrected chi connectivity index (χ4v) is 2.61. The maximum Gasteiger partial charge on any atom is 0.142 e. The topological polar surface area (TPSA) is 15.7 Å². The average molecular weight is 283 g/mol. The minimum absolute atomic E-state index is 0.715. The molecule has 1 saturated heterocycles. The molecule has 1 aliphatic heterocycles. The molecule has 0 amide bonds. The fourth-order valence-electron chi connectivity index (χ4n) is 2.49. The molecule has 4 heteroatoms. The molecule has 0 N–H and O–H groups in total. The highest BCUT2D eigenvalue weighted by Gasteiger charge is 2.18. The van der Waals surface area contributed by atoms with Crippen LogP contribution in [-0.2, 0) is 0 Å². The Kier molecular flexibility index (Phi) is 5.80. The van der Waals surface area contributed by atoms with Crippen molar-refractivity contribution in [2.75, 3.05) is 50.1 Å². The Morgan fingerprint density at radius 1 is 1.16 bits per heavy atom. The summed E-state index contributed by atoms with van der Waals surface area (Å²) in [6, 6.07) is 8.32. The Balaban J connectivity index is 1.93. The van der Waals surface area contributed by atoms with E-state index in [9.17, 15) is 0 Å². The van der Waals surface area contributed by atoms with Gasteiger partial charge in [-0.2, -0.15) is 0 Å². The van der Waals surface area contributed by atoms with Gasteiger partial charge in [0.15, 0.2) is 0 Å². The number of alkyl halides is 1. The zero-order chi connectivity index (χ0) is 13.5. The second-order valence-electron chi connectivity index (χ2n) is 4.77. The second kappa shape index (κ2) is 7.61. The predicted molar refractivity (Wildman–Crippen MR) is 81.6 cm³/mol. The van der Waals surface area contributed by atoms with Gasteiger partial charge in [-0.1, -0.05) is 12.1 Å². The molecule has 0 spiro atoms. The van der Waals surface area contributed by atoms with Crippen LogP contribution in [0.3, 0.4) is 0 Å². The number of benzene rings is 1. The fraction of sp³-hybridized carbons (Fsp3) is 0.600. The number of rotatable bonds is 6. The van der Waals surface area contributed by atoms with Gasteiger partial charge in [0.05, 0.1) is 12.3 Å². The van der Waals surface area contributed by atoms with E-state index >= 15 is 0 Å². The Bertz CT molecular complexity index is 378. The third-order valence-electron chi connectivity index (χ3n) is 3.49. The number of anilines is 1. The summed E-state index contributed by atoms with van der Waals surface area (Å²) in [6.07, 6.45) is 1.08. The first kappa shape index (κ1) is 14.5. The maximum atomic E-state index is 5.75. The van der Waals surface area contributed by atoms with E-state index in [1.165, 1.54) is 5.69 Å². The number of piperazine rings is 1. The van der Waals surface area contributed by atoms with Crippen LogP contribution in [-0.4, -0.2) is 50.1 Å². The lowest BCUT2D eigenvalue weighted by molar-refractivity contribution is 0.257. The first-order chi connectivity index (χ1) is 9.35. The number of ether oxygens (including phenoxy) is 1.